The maximum Gasteiger partial charge on any atom is 0.276 e. The molecule has 21 heavy (non-hydrogen) atoms. The van der Waals surface area contributed by atoms with Gasteiger partial charge in [0.25, 0.3) is 10.2 Å². The van der Waals surface area contributed by atoms with Crippen molar-refractivity contribution in [3.8, 4) is 0 Å². The number of benzene rings is 1. The van der Waals surface area contributed by atoms with Gasteiger partial charge in [-0.3, -0.25) is 4.90 Å². The Kier molecular flexibility index (Phi) is 4.05. The number of hydrogen-bond donors (Lipinski definition) is 1. The molecule has 2 N–H and O–H groups in total. The Hall–Kier alpha value is -0.950. The van der Waals surface area contributed by atoms with Crippen LogP contribution >= 0.6 is 0 Å². The normalized spacial score (nSPS) is 23.7. The zero-order valence-electron chi connectivity index (χ0n) is 12.2. The van der Waals surface area contributed by atoms with E-state index in [4.69, 9.17) is 5.14 Å². The van der Waals surface area contributed by atoms with E-state index in [0.29, 0.717) is 13.1 Å². The van der Waals surface area contributed by atoms with Gasteiger partial charge in [-0.2, -0.15) is 12.7 Å². The van der Waals surface area contributed by atoms with Crippen LogP contribution in [-0.2, 0) is 16.8 Å². The van der Waals surface area contributed by atoms with Crippen molar-refractivity contribution < 1.29 is 8.42 Å². The fraction of sp³-hybridized carbons (Fsp3) is 0.600. The van der Waals surface area contributed by atoms with Crippen LogP contribution in [0, 0.1) is 5.41 Å². The summed E-state index contributed by atoms with van der Waals surface area (Å²) in [5, 5.41) is 5.25. The van der Waals surface area contributed by atoms with Crippen molar-refractivity contribution in [2.24, 2.45) is 10.6 Å². The molecule has 0 radical (unpaired) electrons. The predicted octanol–water partition coefficient (Wildman–Crippen LogP) is 1.18. The quantitative estimate of drug-likeness (QED) is 0.911. The summed E-state index contributed by atoms with van der Waals surface area (Å²) < 4.78 is 24.4. The average molecular weight is 309 g/mol. The van der Waals surface area contributed by atoms with E-state index in [1.165, 1.54) is 9.87 Å². The Labute approximate surface area is 126 Å². The molecule has 0 saturated carbocycles. The predicted molar refractivity (Wildman–Crippen MR) is 82.7 cm³/mol. The van der Waals surface area contributed by atoms with Gasteiger partial charge in [-0.15, -0.1) is 0 Å². The van der Waals surface area contributed by atoms with Gasteiger partial charge in [0.15, 0.2) is 0 Å². The maximum atomic E-state index is 11.5. The van der Waals surface area contributed by atoms with Gasteiger partial charge in [0, 0.05) is 19.6 Å². The third-order valence-corrected chi connectivity index (χ3v) is 5.96. The molecule has 6 heteroatoms. The van der Waals surface area contributed by atoms with Gasteiger partial charge < -0.3 is 0 Å². The number of hydrogen-bond acceptors (Lipinski definition) is 3. The molecule has 0 bridgehead atoms. The SMILES string of the molecule is NS(=O)(=O)N1CCC2(CCN(Cc3ccccc3)CC2)C1. The molecule has 0 aliphatic carbocycles. The summed E-state index contributed by atoms with van der Waals surface area (Å²) >= 11 is 0. The maximum absolute atomic E-state index is 11.5. The topological polar surface area (TPSA) is 66.6 Å². The summed E-state index contributed by atoms with van der Waals surface area (Å²) in [5.41, 5.74) is 1.49. The van der Waals surface area contributed by atoms with E-state index in [-0.39, 0.29) is 5.41 Å². The molecule has 0 aromatic heterocycles. The van der Waals surface area contributed by atoms with E-state index in [1.807, 2.05) is 6.07 Å². The lowest BCUT2D eigenvalue weighted by molar-refractivity contribution is 0.109. The molecule has 0 atom stereocenters. The molecule has 0 unspecified atom stereocenters. The van der Waals surface area contributed by atoms with Gasteiger partial charge in [-0.1, -0.05) is 30.3 Å². The van der Waals surface area contributed by atoms with E-state index in [2.05, 4.69) is 29.2 Å². The molecular weight excluding hydrogens is 286 g/mol. The van der Waals surface area contributed by atoms with Crippen LogP contribution in [0.3, 0.4) is 0 Å². The third-order valence-electron chi connectivity index (χ3n) is 4.93. The molecule has 2 aliphatic rings. The van der Waals surface area contributed by atoms with Crippen LogP contribution < -0.4 is 5.14 Å². The second-order valence-corrected chi connectivity index (χ2v) is 7.94. The molecule has 116 valence electrons. The molecule has 5 nitrogen and oxygen atoms in total. The highest BCUT2D eigenvalue weighted by atomic mass is 32.2. The Morgan fingerprint density at radius 2 is 1.67 bits per heavy atom. The van der Waals surface area contributed by atoms with Crippen LogP contribution in [0.25, 0.3) is 0 Å². The summed E-state index contributed by atoms with van der Waals surface area (Å²) in [5.74, 6) is 0. The molecule has 2 aliphatic heterocycles. The highest BCUT2D eigenvalue weighted by molar-refractivity contribution is 7.86. The molecular formula is C15H23N3O2S. The lowest BCUT2D eigenvalue weighted by Gasteiger charge is -2.39. The van der Waals surface area contributed by atoms with Crippen molar-refractivity contribution in [2.45, 2.75) is 25.8 Å². The van der Waals surface area contributed by atoms with Crippen LogP contribution in [0.4, 0.5) is 0 Å². The zero-order chi connectivity index (χ0) is 14.9. The van der Waals surface area contributed by atoms with Gasteiger partial charge in [0.1, 0.15) is 0 Å². The Morgan fingerprint density at radius 1 is 1.05 bits per heavy atom. The molecule has 1 spiro atoms. The van der Waals surface area contributed by atoms with E-state index >= 15 is 0 Å². The Bertz CT molecular complexity index is 580. The molecule has 2 saturated heterocycles. The molecule has 2 fully saturated rings. The summed E-state index contributed by atoms with van der Waals surface area (Å²) in [6.07, 6.45) is 3.07. The molecule has 3 rings (SSSR count). The summed E-state index contributed by atoms with van der Waals surface area (Å²) in [6.45, 7) is 4.24. The summed E-state index contributed by atoms with van der Waals surface area (Å²) in [6, 6.07) is 10.5. The van der Waals surface area contributed by atoms with E-state index in [0.717, 1.165) is 38.9 Å². The average Bonchev–Trinajstić information content (AvgIpc) is 2.87. The fourth-order valence-electron chi connectivity index (χ4n) is 3.55. The highest BCUT2D eigenvalue weighted by Crippen LogP contribution is 2.41. The minimum absolute atomic E-state index is 0.152. The van der Waals surface area contributed by atoms with Crippen molar-refractivity contribution >= 4 is 10.2 Å². The summed E-state index contributed by atoms with van der Waals surface area (Å²) in [4.78, 5) is 2.46. The van der Waals surface area contributed by atoms with E-state index in [1.54, 1.807) is 0 Å². The minimum atomic E-state index is -3.52. The van der Waals surface area contributed by atoms with Crippen LogP contribution in [0.2, 0.25) is 0 Å². The van der Waals surface area contributed by atoms with Crippen molar-refractivity contribution in [2.75, 3.05) is 26.2 Å². The first-order valence-electron chi connectivity index (χ1n) is 7.51. The first-order chi connectivity index (χ1) is 9.97. The van der Waals surface area contributed by atoms with Gasteiger partial charge >= 0.3 is 0 Å². The van der Waals surface area contributed by atoms with Gasteiger partial charge in [-0.05, 0) is 43.3 Å². The van der Waals surface area contributed by atoms with Gasteiger partial charge in [-0.25, -0.2) is 5.14 Å². The lowest BCUT2D eigenvalue weighted by Crippen LogP contribution is -2.42. The van der Waals surface area contributed by atoms with Gasteiger partial charge in [0.2, 0.25) is 0 Å². The molecule has 0 amide bonds. The number of piperidine rings is 1. The van der Waals surface area contributed by atoms with Crippen molar-refractivity contribution in [3.05, 3.63) is 35.9 Å². The van der Waals surface area contributed by atoms with E-state index in [9.17, 15) is 8.42 Å². The monoisotopic (exact) mass is 309 g/mol. The first-order valence-corrected chi connectivity index (χ1v) is 9.01. The van der Waals surface area contributed by atoms with Crippen LogP contribution in [0.15, 0.2) is 30.3 Å². The van der Waals surface area contributed by atoms with Crippen molar-refractivity contribution in [3.63, 3.8) is 0 Å². The van der Waals surface area contributed by atoms with Crippen LogP contribution in [0.1, 0.15) is 24.8 Å². The third kappa shape index (κ3) is 3.45. The van der Waals surface area contributed by atoms with Crippen molar-refractivity contribution in [1.29, 1.82) is 0 Å². The van der Waals surface area contributed by atoms with Crippen molar-refractivity contribution in [1.82, 2.24) is 9.21 Å². The number of rotatable bonds is 3. The molecule has 1 aromatic rings. The second-order valence-electron chi connectivity index (χ2n) is 6.39. The first kappa shape index (κ1) is 15.0. The lowest BCUT2D eigenvalue weighted by atomic mass is 9.78. The van der Waals surface area contributed by atoms with E-state index < -0.39 is 10.2 Å². The number of nitrogens with two attached hydrogens (primary N) is 1. The second kappa shape index (κ2) is 5.68. The Morgan fingerprint density at radius 3 is 2.24 bits per heavy atom. The number of likely N-dealkylation sites (tertiary alicyclic amines) is 1. The minimum Gasteiger partial charge on any atom is -0.299 e. The largest absolute Gasteiger partial charge is 0.299 e. The fourth-order valence-corrected chi connectivity index (χ4v) is 4.35. The molecule has 2 heterocycles. The standard InChI is InChI=1S/C15H23N3O2S/c16-21(19,20)18-11-8-15(13-18)6-9-17(10-7-15)12-14-4-2-1-3-5-14/h1-5H,6-13H2,(H2,16,19,20). The van der Waals surface area contributed by atoms with Gasteiger partial charge in [0.05, 0.1) is 0 Å². The summed E-state index contributed by atoms with van der Waals surface area (Å²) in [7, 11) is -3.52. The van der Waals surface area contributed by atoms with Crippen LogP contribution in [0.5, 0.6) is 0 Å². The highest BCUT2D eigenvalue weighted by Gasteiger charge is 2.43. The smallest absolute Gasteiger partial charge is 0.276 e. The Balaban J connectivity index is 1.56. The van der Waals surface area contributed by atoms with Crippen LogP contribution in [-0.4, -0.2) is 43.8 Å². The zero-order valence-corrected chi connectivity index (χ0v) is 13.1. The molecule has 1 aromatic carbocycles. The number of nitrogens with zero attached hydrogens (tertiary/aromatic N) is 2.